The van der Waals surface area contributed by atoms with Crippen LogP contribution in [0.5, 0.6) is 0 Å². The highest BCUT2D eigenvalue weighted by Gasteiger charge is 2.25. The Morgan fingerprint density at radius 3 is 2.68 bits per heavy atom. The molecule has 0 amide bonds. The number of aromatic nitrogens is 1. The van der Waals surface area contributed by atoms with E-state index in [0.717, 1.165) is 49.9 Å². The summed E-state index contributed by atoms with van der Waals surface area (Å²) in [6, 6.07) is 5.76. The number of hydrogen-bond donors (Lipinski definition) is 0. The minimum Gasteiger partial charge on any atom is -0.468 e. The van der Waals surface area contributed by atoms with Crippen molar-refractivity contribution in [3.63, 3.8) is 0 Å². The molecule has 1 aliphatic heterocycles. The van der Waals surface area contributed by atoms with E-state index < -0.39 is 0 Å². The number of piperazine rings is 1. The molecule has 0 radical (unpaired) electrons. The average Bonchev–Trinajstić information content (AvgIpc) is 3.07. The van der Waals surface area contributed by atoms with Gasteiger partial charge < -0.3 is 14.1 Å². The zero-order valence-corrected chi connectivity index (χ0v) is 15.1. The number of hydrogen-bond acceptors (Lipinski definition) is 6. The lowest BCUT2D eigenvalue weighted by Gasteiger charge is -2.35. The van der Waals surface area contributed by atoms with Crippen LogP contribution in [-0.2, 0) is 11.3 Å². The molecule has 6 nitrogen and oxygen atoms in total. The van der Waals surface area contributed by atoms with Crippen molar-refractivity contribution in [2.24, 2.45) is 0 Å². The zero-order valence-electron chi connectivity index (χ0n) is 15.1. The van der Waals surface area contributed by atoms with Crippen molar-refractivity contribution in [3.05, 3.63) is 47.5 Å². The van der Waals surface area contributed by atoms with Crippen molar-refractivity contribution in [2.45, 2.75) is 33.4 Å². The van der Waals surface area contributed by atoms with Crippen molar-refractivity contribution in [2.75, 3.05) is 31.1 Å². The fourth-order valence-electron chi connectivity index (χ4n) is 3.05. The Balaban J connectivity index is 1.70. The molecule has 0 aromatic carbocycles. The third kappa shape index (κ3) is 4.20. The van der Waals surface area contributed by atoms with Gasteiger partial charge in [-0.05, 0) is 44.5 Å². The Bertz CT molecular complexity index is 705. The molecule has 3 rings (SSSR count). The van der Waals surface area contributed by atoms with Gasteiger partial charge in [0.05, 0.1) is 18.9 Å². The maximum absolute atomic E-state index is 12.5. The Labute approximate surface area is 148 Å². The quantitative estimate of drug-likeness (QED) is 0.778. The number of carbonyl (C=O) groups excluding carboxylic acids is 1. The standard InChI is InChI=1S/C19H25N3O3/c1-14(2)25-19(23)17-15(3)6-7-20-18(17)22-10-8-21(9-11-22)13-16-5-4-12-24-16/h4-7,12,14H,8-11,13H2,1-3H3. The fourth-order valence-corrected chi connectivity index (χ4v) is 3.05. The molecular weight excluding hydrogens is 318 g/mol. The van der Waals surface area contributed by atoms with Crippen LogP contribution in [0.4, 0.5) is 5.82 Å². The Morgan fingerprint density at radius 2 is 2.04 bits per heavy atom. The number of esters is 1. The second kappa shape index (κ2) is 7.70. The van der Waals surface area contributed by atoms with Crippen LogP contribution in [0.1, 0.15) is 35.5 Å². The first-order valence-corrected chi connectivity index (χ1v) is 8.71. The molecule has 134 valence electrons. The highest BCUT2D eigenvalue weighted by atomic mass is 16.5. The number of carbonyl (C=O) groups is 1. The maximum atomic E-state index is 12.5. The van der Waals surface area contributed by atoms with E-state index in [1.54, 1.807) is 12.5 Å². The Kier molecular flexibility index (Phi) is 5.38. The van der Waals surface area contributed by atoms with E-state index in [9.17, 15) is 4.79 Å². The van der Waals surface area contributed by atoms with Crippen LogP contribution in [0.25, 0.3) is 0 Å². The van der Waals surface area contributed by atoms with E-state index in [2.05, 4.69) is 14.8 Å². The summed E-state index contributed by atoms with van der Waals surface area (Å²) in [6.07, 6.45) is 3.31. The molecule has 0 atom stereocenters. The average molecular weight is 343 g/mol. The SMILES string of the molecule is Cc1ccnc(N2CCN(Cc3ccco3)CC2)c1C(=O)OC(C)C. The van der Waals surface area contributed by atoms with Gasteiger partial charge in [-0.1, -0.05) is 0 Å². The van der Waals surface area contributed by atoms with Crippen molar-refractivity contribution in [1.29, 1.82) is 0 Å². The number of anilines is 1. The van der Waals surface area contributed by atoms with E-state index in [1.165, 1.54) is 0 Å². The van der Waals surface area contributed by atoms with Gasteiger partial charge in [0.25, 0.3) is 0 Å². The zero-order chi connectivity index (χ0) is 17.8. The first-order valence-electron chi connectivity index (χ1n) is 8.71. The fraction of sp³-hybridized carbons (Fsp3) is 0.474. The Morgan fingerprint density at radius 1 is 1.28 bits per heavy atom. The van der Waals surface area contributed by atoms with Crippen molar-refractivity contribution >= 4 is 11.8 Å². The number of aryl methyl sites for hydroxylation is 1. The van der Waals surface area contributed by atoms with Crippen molar-refractivity contribution in [3.8, 4) is 0 Å². The monoisotopic (exact) mass is 343 g/mol. The molecule has 3 heterocycles. The summed E-state index contributed by atoms with van der Waals surface area (Å²) in [5.74, 6) is 1.40. The predicted molar refractivity (Wildman–Crippen MR) is 95.7 cm³/mol. The molecule has 1 fully saturated rings. The summed E-state index contributed by atoms with van der Waals surface area (Å²) in [5, 5.41) is 0. The first kappa shape index (κ1) is 17.5. The van der Waals surface area contributed by atoms with Gasteiger partial charge in [0, 0.05) is 32.4 Å². The van der Waals surface area contributed by atoms with Gasteiger partial charge in [-0.25, -0.2) is 9.78 Å². The minimum atomic E-state index is -0.298. The van der Waals surface area contributed by atoms with Crippen LogP contribution in [-0.4, -0.2) is 48.1 Å². The molecule has 0 unspecified atom stereocenters. The number of rotatable bonds is 5. The summed E-state index contributed by atoms with van der Waals surface area (Å²) in [6.45, 7) is 9.88. The lowest BCUT2D eigenvalue weighted by atomic mass is 10.1. The van der Waals surface area contributed by atoms with Crippen LogP contribution in [0.15, 0.2) is 35.1 Å². The highest BCUT2D eigenvalue weighted by Crippen LogP contribution is 2.24. The third-order valence-electron chi connectivity index (χ3n) is 4.32. The van der Waals surface area contributed by atoms with Gasteiger partial charge in [0.15, 0.2) is 0 Å². The van der Waals surface area contributed by atoms with Crippen molar-refractivity contribution in [1.82, 2.24) is 9.88 Å². The van der Waals surface area contributed by atoms with E-state index in [4.69, 9.17) is 9.15 Å². The largest absolute Gasteiger partial charge is 0.468 e. The summed E-state index contributed by atoms with van der Waals surface area (Å²) in [4.78, 5) is 21.5. The smallest absolute Gasteiger partial charge is 0.342 e. The van der Waals surface area contributed by atoms with E-state index >= 15 is 0 Å². The molecule has 6 heteroatoms. The van der Waals surface area contributed by atoms with Gasteiger partial charge in [0.1, 0.15) is 17.1 Å². The number of furan rings is 1. The molecule has 0 saturated carbocycles. The molecule has 0 bridgehead atoms. The van der Waals surface area contributed by atoms with Gasteiger partial charge in [-0.15, -0.1) is 0 Å². The minimum absolute atomic E-state index is 0.148. The van der Waals surface area contributed by atoms with Crippen LogP contribution < -0.4 is 4.90 Å². The second-order valence-electron chi connectivity index (χ2n) is 6.62. The van der Waals surface area contributed by atoms with Crippen LogP contribution >= 0.6 is 0 Å². The van der Waals surface area contributed by atoms with E-state index in [-0.39, 0.29) is 12.1 Å². The summed E-state index contributed by atoms with van der Waals surface area (Å²) >= 11 is 0. The molecular formula is C19H25N3O3. The Hall–Kier alpha value is -2.34. The summed E-state index contributed by atoms with van der Waals surface area (Å²) in [5.41, 5.74) is 1.48. The highest BCUT2D eigenvalue weighted by molar-refractivity contribution is 5.96. The second-order valence-corrected chi connectivity index (χ2v) is 6.62. The topological polar surface area (TPSA) is 58.8 Å². The van der Waals surface area contributed by atoms with E-state index in [1.807, 2.05) is 39.0 Å². The van der Waals surface area contributed by atoms with Crippen molar-refractivity contribution < 1.29 is 13.9 Å². The molecule has 1 saturated heterocycles. The van der Waals surface area contributed by atoms with Gasteiger partial charge in [0.2, 0.25) is 0 Å². The first-order chi connectivity index (χ1) is 12.0. The maximum Gasteiger partial charge on any atom is 0.342 e. The van der Waals surface area contributed by atoms with E-state index in [0.29, 0.717) is 5.56 Å². The van der Waals surface area contributed by atoms with Crippen LogP contribution in [0.2, 0.25) is 0 Å². The molecule has 2 aromatic rings. The lowest BCUT2D eigenvalue weighted by Crippen LogP contribution is -2.46. The molecule has 0 spiro atoms. The number of ether oxygens (including phenoxy) is 1. The summed E-state index contributed by atoms with van der Waals surface area (Å²) in [7, 11) is 0. The molecule has 1 aliphatic rings. The summed E-state index contributed by atoms with van der Waals surface area (Å²) < 4.78 is 10.8. The van der Waals surface area contributed by atoms with Gasteiger partial charge in [-0.2, -0.15) is 0 Å². The normalized spacial score (nSPS) is 15.6. The molecule has 0 aliphatic carbocycles. The predicted octanol–water partition coefficient (Wildman–Crippen LogP) is 2.87. The molecule has 25 heavy (non-hydrogen) atoms. The number of pyridine rings is 1. The number of nitrogens with zero attached hydrogens (tertiary/aromatic N) is 3. The lowest BCUT2D eigenvalue weighted by molar-refractivity contribution is 0.0377. The van der Waals surface area contributed by atoms with Crippen LogP contribution in [0, 0.1) is 6.92 Å². The van der Waals surface area contributed by atoms with Crippen LogP contribution in [0.3, 0.4) is 0 Å². The molecule has 2 aromatic heterocycles. The third-order valence-corrected chi connectivity index (χ3v) is 4.32. The molecule has 0 N–H and O–H groups in total. The van der Waals surface area contributed by atoms with Gasteiger partial charge in [-0.3, -0.25) is 4.90 Å². The van der Waals surface area contributed by atoms with Gasteiger partial charge >= 0.3 is 5.97 Å².